The molecule has 0 atom stereocenters. The summed E-state index contributed by atoms with van der Waals surface area (Å²) in [7, 11) is 0. The summed E-state index contributed by atoms with van der Waals surface area (Å²) < 4.78 is 28.9. The summed E-state index contributed by atoms with van der Waals surface area (Å²) in [5.41, 5.74) is 1.03. The van der Waals surface area contributed by atoms with Crippen LogP contribution in [-0.2, 0) is 13.1 Å². The minimum Gasteiger partial charge on any atom is -0.347 e. The lowest BCUT2D eigenvalue weighted by Crippen LogP contribution is -2.38. The van der Waals surface area contributed by atoms with Gasteiger partial charge in [0.05, 0.1) is 6.54 Å². The van der Waals surface area contributed by atoms with E-state index in [1.165, 1.54) is 16.7 Å². The van der Waals surface area contributed by atoms with Crippen molar-refractivity contribution < 1.29 is 13.6 Å². The smallest absolute Gasteiger partial charge is 0.336 e. The largest absolute Gasteiger partial charge is 0.347 e. The minimum atomic E-state index is -1.06. The number of hydrogen-bond acceptors (Lipinski definition) is 5. The van der Waals surface area contributed by atoms with Crippen LogP contribution in [0.15, 0.2) is 52.3 Å². The highest BCUT2D eigenvalue weighted by atomic mass is 32.1. The topological polar surface area (TPSA) is 85.5 Å². The zero-order valence-corrected chi connectivity index (χ0v) is 18.0. The number of carbonyl (C=O) groups excluding carboxylic acids is 1. The molecule has 0 aliphatic heterocycles. The van der Waals surface area contributed by atoms with Gasteiger partial charge in [0.1, 0.15) is 9.71 Å². The Morgan fingerprint density at radius 3 is 2.59 bits per heavy atom. The van der Waals surface area contributed by atoms with Gasteiger partial charge in [-0.05, 0) is 49.2 Å². The first kappa shape index (κ1) is 21.6. The Kier molecular flexibility index (Phi) is 5.70. The van der Waals surface area contributed by atoms with Crippen LogP contribution in [0.25, 0.3) is 4.83 Å². The quantitative estimate of drug-likeness (QED) is 0.501. The van der Waals surface area contributed by atoms with Crippen molar-refractivity contribution in [1.82, 2.24) is 19.3 Å². The normalized spacial score (nSPS) is 11.1. The van der Waals surface area contributed by atoms with Crippen LogP contribution in [0.2, 0.25) is 0 Å². The van der Waals surface area contributed by atoms with E-state index in [1.54, 1.807) is 19.2 Å². The second kappa shape index (κ2) is 8.46. The SMILES string of the molecule is Cc1cc(CNC(=O)c2cn3c(=O)n(Cc4ccc(F)c(F)c4)c(=O)c(C)c3s2)ccn1. The number of aryl methyl sites for hydroxylation is 2. The number of nitrogens with one attached hydrogen (secondary N) is 1. The first-order valence-electron chi connectivity index (χ1n) is 9.64. The maximum atomic E-state index is 13.5. The lowest BCUT2D eigenvalue weighted by molar-refractivity contribution is 0.0954. The number of aromatic nitrogens is 3. The van der Waals surface area contributed by atoms with Gasteiger partial charge in [0.25, 0.3) is 11.5 Å². The molecule has 0 radical (unpaired) electrons. The van der Waals surface area contributed by atoms with Crippen LogP contribution in [0.1, 0.15) is 32.1 Å². The van der Waals surface area contributed by atoms with Gasteiger partial charge < -0.3 is 5.32 Å². The number of benzene rings is 1. The predicted molar refractivity (Wildman–Crippen MR) is 116 cm³/mol. The molecule has 0 saturated carbocycles. The molecule has 3 heterocycles. The van der Waals surface area contributed by atoms with Gasteiger partial charge in [-0.25, -0.2) is 13.6 Å². The van der Waals surface area contributed by atoms with Crippen LogP contribution in [0.3, 0.4) is 0 Å². The summed E-state index contributed by atoms with van der Waals surface area (Å²) in [6, 6.07) is 6.83. The molecule has 4 rings (SSSR count). The average Bonchev–Trinajstić information content (AvgIpc) is 3.22. The molecule has 0 unspecified atom stereocenters. The molecule has 1 N–H and O–H groups in total. The Labute approximate surface area is 184 Å². The Balaban J connectivity index is 1.66. The summed E-state index contributed by atoms with van der Waals surface area (Å²) in [5, 5.41) is 2.79. The van der Waals surface area contributed by atoms with E-state index in [2.05, 4.69) is 10.3 Å². The maximum Gasteiger partial charge on any atom is 0.336 e. The highest BCUT2D eigenvalue weighted by molar-refractivity contribution is 7.19. The number of halogens is 2. The Bertz CT molecular complexity index is 1470. The monoisotopic (exact) mass is 456 g/mol. The molecule has 164 valence electrons. The maximum absolute atomic E-state index is 13.5. The summed E-state index contributed by atoms with van der Waals surface area (Å²) >= 11 is 1.03. The van der Waals surface area contributed by atoms with E-state index in [-0.39, 0.29) is 35.0 Å². The number of thiazole rings is 1. The van der Waals surface area contributed by atoms with Gasteiger partial charge in [0.2, 0.25) is 0 Å². The van der Waals surface area contributed by atoms with Crippen LogP contribution < -0.4 is 16.6 Å². The fourth-order valence-electron chi connectivity index (χ4n) is 3.31. The van der Waals surface area contributed by atoms with Gasteiger partial charge in [-0.15, -0.1) is 11.3 Å². The second-order valence-electron chi connectivity index (χ2n) is 7.31. The number of pyridine rings is 1. The molecular formula is C22H18F2N4O3S. The molecular weight excluding hydrogens is 438 g/mol. The average molecular weight is 456 g/mol. The Morgan fingerprint density at radius 1 is 1.09 bits per heavy atom. The Hall–Kier alpha value is -3.66. The number of nitrogens with zero attached hydrogens (tertiary/aromatic N) is 3. The third kappa shape index (κ3) is 4.09. The van der Waals surface area contributed by atoms with Gasteiger partial charge >= 0.3 is 5.69 Å². The number of fused-ring (bicyclic) bond motifs is 1. The number of carbonyl (C=O) groups is 1. The summed E-state index contributed by atoms with van der Waals surface area (Å²) in [4.78, 5) is 43.1. The Morgan fingerprint density at radius 2 is 1.88 bits per heavy atom. The second-order valence-corrected chi connectivity index (χ2v) is 8.34. The summed E-state index contributed by atoms with van der Waals surface area (Å²) in [6.07, 6.45) is 3.03. The van der Waals surface area contributed by atoms with Crippen LogP contribution >= 0.6 is 11.3 Å². The van der Waals surface area contributed by atoms with Crippen molar-refractivity contribution in [3.63, 3.8) is 0 Å². The number of rotatable bonds is 5. The molecule has 3 aromatic heterocycles. The molecule has 1 aromatic carbocycles. The van der Waals surface area contributed by atoms with Gasteiger partial charge in [0, 0.05) is 30.2 Å². The minimum absolute atomic E-state index is 0.225. The van der Waals surface area contributed by atoms with Crippen LogP contribution in [0.4, 0.5) is 8.78 Å². The fourth-order valence-corrected chi connectivity index (χ4v) is 4.32. The van der Waals surface area contributed by atoms with Crippen molar-refractivity contribution in [2.75, 3.05) is 0 Å². The van der Waals surface area contributed by atoms with E-state index in [0.717, 1.165) is 39.3 Å². The first-order chi connectivity index (χ1) is 15.2. The zero-order valence-electron chi connectivity index (χ0n) is 17.2. The molecule has 7 nitrogen and oxygen atoms in total. The van der Waals surface area contributed by atoms with Gasteiger partial charge in [-0.1, -0.05) is 6.07 Å². The van der Waals surface area contributed by atoms with Crippen LogP contribution in [-0.4, -0.2) is 19.9 Å². The van der Waals surface area contributed by atoms with Crippen molar-refractivity contribution in [3.05, 3.63) is 102 Å². The molecule has 0 bridgehead atoms. The first-order valence-corrected chi connectivity index (χ1v) is 10.5. The summed E-state index contributed by atoms with van der Waals surface area (Å²) in [5.74, 6) is -2.46. The van der Waals surface area contributed by atoms with Crippen LogP contribution in [0.5, 0.6) is 0 Å². The fraction of sp³-hybridized carbons (Fsp3) is 0.182. The third-order valence-corrected chi connectivity index (χ3v) is 6.17. The molecule has 0 spiro atoms. The highest BCUT2D eigenvalue weighted by Gasteiger charge is 2.18. The molecule has 4 aromatic rings. The molecule has 1 amide bonds. The molecule has 0 saturated heterocycles. The standard InChI is InChI=1S/C22H18F2N4O3S/c1-12-7-14(5-6-25-12)9-26-19(29)18-11-28-21(32-18)13(2)20(30)27(22(28)31)10-15-3-4-16(23)17(24)8-15/h3-8,11H,9-10H2,1-2H3,(H,26,29). The van der Waals surface area contributed by atoms with E-state index in [0.29, 0.717) is 4.83 Å². The van der Waals surface area contributed by atoms with Crippen molar-refractivity contribution in [1.29, 1.82) is 0 Å². The molecule has 32 heavy (non-hydrogen) atoms. The van der Waals surface area contributed by atoms with Crippen LogP contribution in [0, 0.1) is 25.5 Å². The lowest BCUT2D eigenvalue weighted by atomic mass is 10.2. The van der Waals surface area contributed by atoms with Gasteiger partial charge in [-0.2, -0.15) is 0 Å². The van der Waals surface area contributed by atoms with Crippen molar-refractivity contribution in [3.8, 4) is 0 Å². The summed E-state index contributed by atoms with van der Waals surface area (Å²) in [6.45, 7) is 3.46. The van der Waals surface area contributed by atoms with E-state index >= 15 is 0 Å². The van der Waals surface area contributed by atoms with Gasteiger partial charge in [0.15, 0.2) is 11.6 Å². The van der Waals surface area contributed by atoms with Crippen molar-refractivity contribution in [2.45, 2.75) is 26.9 Å². The van der Waals surface area contributed by atoms with E-state index in [9.17, 15) is 23.2 Å². The highest BCUT2D eigenvalue weighted by Crippen LogP contribution is 2.18. The van der Waals surface area contributed by atoms with Crippen molar-refractivity contribution >= 4 is 22.1 Å². The zero-order chi connectivity index (χ0) is 23.0. The number of amides is 1. The third-order valence-electron chi connectivity index (χ3n) is 4.96. The predicted octanol–water partition coefficient (Wildman–Crippen LogP) is 2.79. The van der Waals surface area contributed by atoms with E-state index in [1.807, 2.05) is 13.0 Å². The number of hydrogen-bond donors (Lipinski definition) is 1. The lowest BCUT2D eigenvalue weighted by Gasteiger charge is -2.08. The molecule has 10 heteroatoms. The molecule has 0 fully saturated rings. The molecule has 0 aliphatic carbocycles. The van der Waals surface area contributed by atoms with E-state index < -0.39 is 22.9 Å². The van der Waals surface area contributed by atoms with Gasteiger partial charge in [-0.3, -0.25) is 23.5 Å². The van der Waals surface area contributed by atoms with Crippen molar-refractivity contribution in [2.24, 2.45) is 0 Å². The molecule has 0 aliphatic rings. The van der Waals surface area contributed by atoms with E-state index in [4.69, 9.17) is 0 Å².